The predicted octanol–water partition coefficient (Wildman–Crippen LogP) is 5.15. The van der Waals surface area contributed by atoms with Crippen molar-refractivity contribution in [1.82, 2.24) is 5.32 Å². The fourth-order valence-electron chi connectivity index (χ4n) is 3.00. The maximum atomic E-state index is 11.1. The molecule has 2 N–H and O–H groups in total. The van der Waals surface area contributed by atoms with E-state index in [1.165, 1.54) is 16.3 Å². The van der Waals surface area contributed by atoms with Crippen LogP contribution in [0.5, 0.6) is 0 Å². The minimum atomic E-state index is -1.05. The summed E-state index contributed by atoms with van der Waals surface area (Å²) in [6.07, 6.45) is 0. The number of benzene rings is 3. The monoisotopic (exact) mass is 371 g/mol. The molecule has 3 aromatic carbocycles. The lowest BCUT2D eigenvalue weighted by Crippen LogP contribution is -2.21. The predicted molar refractivity (Wildman–Crippen MR) is 114 cm³/mol. The Labute approximate surface area is 166 Å². The van der Waals surface area contributed by atoms with Crippen molar-refractivity contribution >= 4 is 16.7 Å². The molecular formula is C25H25NO2. The number of carboxylic acid groups (broad SMARTS) is 1. The topological polar surface area (TPSA) is 49.3 Å². The zero-order valence-corrected chi connectivity index (χ0v) is 16.5. The minimum absolute atomic E-state index is 0.224. The van der Waals surface area contributed by atoms with Gasteiger partial charge >= 0.3 is 5.97 Å². The van der Waals surface area contributed by atoms with E-state index in [1.54, 1.807) is 13.8 Å². The van der Waals surface area contributed by atoms with E-state index in [0.717, 1.165) is 17.7 Å². The largest absolute Gasteiger partial charge is 0.480 e. The highest BCUT2D eigenvalue weighted by Crippen LogP contribution is 2.24. The minimum Gasteiger partial charge on any atom is -0.480 e. The van der Waals surface area contributed by atoms with Crippen molar-refractivity contribution in [1.29, 1.82) is 0 Å². The van der Waals surface area contributed by atoms with Gasteiger partial charge in [0.05, 0.1) is 0 Å². The Morgan fingerprint density at radius 1 is 1.04 bits per heavy atom. The van der Waals surface area contributed by atoms with Crippen LogP contribution in [0, 0.1) is 17.3 Å². The zero-order chi connectivity index (χ0) is 20.1. The van der Waals surface area contributed by atoms with Gasteiger partial charge in [-0.15, -0.1) is 0 Å². The van der Waals surface area contributed by atoms with Gasteiger partial charge in [-0.3, -0.25) is 4.79 Å². The van der Waals surface area contributed by atoms with Gasteiger partial charge in [0.2, 0.25) is 0 Å². The summed E-state index contributed by atoms with van der Waals surface area (Å²) in [5.41, 5.74) is 2.22. The number of rotatable bonds is 5. The Morgan fingerprint density at radius 3 is 2.43 bits per heavy atom. The molecule has 3 rings (SSSR count). The highest BCUT2D eigenvalue weighted by atomic mass is 16.4. The molecule has 0 saturated carbocycles. The summed E-state index contributed by atoms with van der Waals surface area (Å²) >= 11 is 0. The first kappa shape index (κ1) is 19.7. The summed E-state index contributed by atoms with van der Waals surface area (Å²) in [4.78, 5) is 11.1. The van der Waals surface area contributed by atoms with Crippen molar-refractivity contribution < 1.29 is 9.90 Å². The Morgan fingerprint density at radius 2 is 1.71 bits per heavy atom. The maximum Gasteiger partial charge on any atom is 0.321 e. The standard InChI is InChI=1S/C25H25NO2/c1-18(22-10-6-8-21-7-4-5-9-23(21)22)26-17-20-13-11-19(12-14-20)15-16-25(2,3)24(27)28/h4-14,18,26H,17H2,1-3H3,(H,27,28). The molecule has 3 heteroatoms. The molecular weight excluding hydrogens is 346 g/mol. The van der Waals surface area contributed by atoms with Crippen LogP contribution in [0.25, 0.3) is 10.8 Å². The van der Waals surface area contributed by atoms with Crippen LogP contribution in [-0.2, 0) is 11.3 Å². The van der Waals surface area contributed by atoms with E-state index in [9.17, 15) is 4.79 Å². The van der Waals surface area contributed by atoms with Gasteiger partial charge in [0, 0.05) is 18.2 Å². The van der Waals surface area contributed by atoms with Gasteiger partial charge in [0.15, 0.2) is 0 Å². The normalized spacial score (nSPS) is 12.2. The smallest absolute Gasteiger partial charge is 0.321 e. The van der Waals surface area contributed by atoms with E-state index in [2.05, 4.69) is 66.5 Å². The number of hydrogen-bond acceptors (Lipinski definition) is 2. The third kappa shape index (κ3) is 4.60. The number of hydrogen-bond donors (Lipinski definition) is 2. The van der Waals surface area contributed by atoms with Crippen molar-refractivity contribution in [2.24, 2.45) is 5.41 Å². The quantitative estimate of drug-likeness (QED) is 0.610. The summed E-state index contributed by atoms with van der Waals surface area (Å²) < 4.78 is 0. The molecule has 1 atom stereocenters. The van der Waals surface area contributed by atoms with Crippen molar-refractivity contribution in [3.05, 3.63) is 83.4 Å². The van der Waals surface area contributed by atoms with Crippen LogP contribution in [0.4, 0.5) is 0 Å². The zero-order valence-electron chi connectivity index (χ0n) is 16.5. The first-order valence-electron chi connectivity index (χ1n) is 9.43. The lowest BCUT2D eigenvalue weighted by molar-refractivity contribution is -0.143. The summed E-state index contributed by atoms with van der Waals surface area (Å²) in [5.74, 6) is 4.86. The molecule has 3 aromatic rings. The first-order valence-corrected chi connectivity index (χ1v) is 9.43. The van der Waals surface area contributed by atoms with Gasteiger partial charge in [0.1, 0.15) is 5.41 Å². The highest BCUT2D eigenvalue weighted by Gasteiger charge is 2.23. The molecule has 0 heterocycles. The molecule has 0 saturated heterocycles. The van der Waals surface area contributed by atoms with Gasteiger partial charge in [-0.05, 0) is 54.8 Å². The first-order chi connectivity index (χ1) is 13.4. The Kier molecular flexibility index (Phi) is 5.82. The fourth-order valence-corrected chi connectivity index (χ4v) is 3.00. The molecule has 3 nitrogen and oxygen atoms in total. The Balaban J connectivity index is 1.67. The molecule has 0 aromatic heterocycles. The average Bonchev–Trinajstić information content (AvgIpc) is 2.70. The van der Waals surface area contributed by atoms with E-state index in [-0.39, 0.29) is 6.04 Å². The van der Waals surface area contributed by atoms with Crippen molar-refractivity contribution in [3.63, 3.8) is 0 Å². The van der Waals surface area contributed by atoms with Crippen LogP contribution >= 0.6 is 0 Å². The summed E-state index contributed by atoms with van der Waals surface area (Å²) in [5, 5.41) is 15.2. The second-order valence-electron chi connectivity index (χ2n) is 7.55. The van der Waals surface area contributed by atoms with E-state index < -0.39 is 11.4 Å². The van der Waals surface area contributed by atoms with Crippen molar-refractivity contribution in [3.8, 4) is 11.8 Å². The molecule has 28 heavy (non-hydrogen) atoms. The number of carboxylic acids is 1. The van der Waals surface area contributed by atoms with Crippen LogP contribution in [0.2, 0.25) is 0 Å². The lowest BCUT2D eigenvalue weighted by Gasteiger charge is -2.17. The third-order valence-corrected chi connectivity index (χ3v) is 4.91. The van der Waals surface area contributed by atoms with Gasteiger partial charge in [-0.2, -0.15) is 0 Å². The molecule has 142 valence electrons. The highest BCUT2D eigenvalue weighted by molar-refractivity contribution is 5.86. The second-order valence-corrected chi connectivity index (χ2v) is 7.55. The van der Waals surface area contributed by atoms with Gasteiger partial charge < -0.3 is 10.4 Å². The molecule has 0 aliphatic rings. The third-order valence-electron chi connectivity index (χ3n) is 4.91. The maximum absolute atomic E-state index is 11.1. The SMILES string of the molecule is CC(NCc1ccc(C#CC(C)(C)C(=O)O)cc1)c1cccc2ccccc12. The van der Waals surface area contributed by atoms with Gasteiger partial charge in [-0.25, -0.2) is 0 Å². The molecule has 0 radical (unpaired) electrons. The van der Waals surface area contributed by atoms with Gasteiger partial charge in [-0.1, -0.05) is 66.4 Å². The van der Waals surface area contributed by atoms with Crippen molar-refractivity contribution in [2.75, 3.05) is 0 Å². The van der Waals surface area contributed by atoms with Crippen LogP contribution < -0.4 is 5.32 Å². The molecule has 0 aliphatic carbocycles. The Hall–Kier alpha value is -3.09. The number of carbonyl (C=O) groups is 1. The van der Waals surface area contributed by atoms with E-state index >= 15 is 0 Å². The summed E-state index contributed by atoms with van der Waals surface area (Å²) in [7, 11) is 0. The molecule has 0 fully saturated rings. The average molecular weight is 371 g/mol. The van der Waals surface area contributed by atoms with Crippen LogP contribution in [0.1, 0.15) is 43.5 Å². The Bertz CT molecular complexity index is 1030. The molecule has 0 bridgehead atoms. The fraction of sp³-hybridized carbons (Fsp3) is 0.240. The molecule has 0 amide bonds. The lowest BCUT2D eigenvalue weighted by atomic mass is 9.94. The molecule has 0 aliphatic heterocycles. The van der Waals surface area contributed by atoms with E-state index in [0.29, 0.717) is 0 Å². The number of fused-ring (bicyclic) bond motifs is 1. The van der Waals surface area contributed by atoms with Crippen molar-refractivity contribution in [2.45, 2.75) is 33.4 Å². The second kappa shape index (κ2) is 8.29. The van der Waals surface area contributed by atoms with E-state index in [4.69, 9.17) is 5.11 Å². The summed E-state index contributed by atoms with van der Waals surface area (Å²) in [6, 6.07) is 23.0. The van der Waals surface area contributed by atoms with Gasteiger partial charge in [0.25, 0.3) is 0 Å². The van der Waals surface area contributed by atoms with Crippen LogP contribution in [0.3, 0.4) is 0 Å². The van der Waals surface area contributed by atoms with Crippen LogP contribution in [0.15, 0.2) is 66.7 Å². The number of aliphatic carboxylic acids is 1. The number of nitrogens with one attached hydrogen (secondary N) is 1. The summed E-state index contributed by atoms with van der Waals surface area (Å²) in [6.45, 7) is 6.14. The van der Waals surface area contributed by atoms with E-state index in [1.807, 2.05) is 24.3 Å². The molecule has 0 spiro atoms. The molecule has 1 unspecified atom stereocenters. The van der Waals surface area contributed by atoms with Crippen LogP contribution in [-0.4, -0.2) is 11.1 Å².